The Balaban J connectivity index is 1.85. The third kappa shape index (κ3) is 2.22. The molecule has 0 aliphatic heterocycles. The van der Waals surface area contributed by atoms with Gasteiger partial charge in [0.05, 0.1) is 4.92 Å². The van der Waals surface area contributed by atoms with Crippen LogP contribution in [0.5, 0.6) is 0 Å². The van der Waals surface area contributed by atoms with Gasteiger partial charge in [-0.25, -0.2) is 0 Å². The highest BCUT2D eigenvalue weighted by Crippen LogP contribution is 2.23. The lowest BCUT2D eigenvalue weighted by atomic mass is 9.97. The van der Waals surface area contributed by atoms with Crippen LogP contribution >= 0.6 is 0 Å². The summed E-state index contributed by atoms with van der Waals surface area (Å²) in [5.74, 6) is 0.216. The summed E-state index contributed by atoms with van der Waals surface area (Å²) >= 11 is 0. The van der Waals surface area contributed by atoms with Gasteiger partial charge in [0, 0.05) is 42.6 Å². The van der Waals surface area contributed by atoms with E-state index in [1.807, 2.05) is 12.3 Å². The molecule has 1 aliphatic rings. The first-order chi connectivity index (χ1) is 9.65. The standard InChI is InChI=1S/C15H14N2O3/c18-15-3-1-2-14-13(15)8-9-16(14)10-11-4-6-12(7-5-11)17(19)20/h4-9H,1-3,10H2. The molecule has 2 aromatic rings. The van der Waals surface area contributed by atoms with Gasteiger partial charge in [-0.3, -0.25) is 14.9 Å². The van der Waals surface area contributed by atoms with Crippen molar-refractivity contribution in [2.75, 3.05) is 0 Å². The van der Waals surface area contributed by atoms with Gasteiger partial charge in [-0.1, -0.05) is 12.1 Å². The number of ketones is 1. The Morgan fingerprint density at radius 2 is 1.90 bits per heavy atom. The molecule has 3 rings (SSSR count). The summed E-state index contributed by atoms with van der Waals surface area (Å²) < 4.78 is 2.06. The van der Waals surface area contributed by atoms with Crippen LogP contribution in [0.4, 0.5) is 5.69 Å². The summed E-state index contributed by atoms with van der Waals surface area (Å²) in [6.07, 6.45) is 4.38. The van der Waals surface area contributed by atoms with Crippen molar-refractivity contribution in [2.45, 2.75) is 25.8 Å². The van der Waals surface area contributed by atoms with Gasteiger partial charge < -0.3 is 4.57 Å². The van der Waals surface area contributed by atoms with Gasteiger partial charge in [0.15, 0.2) is 5.78 Å². The van der Waals surface area contributed by atoms with Crippen molar-refractivity contribution in [3.05, 3.63) is 63.5 Å². The van der Waals surface area contributed by atoms with E-state index in [9.17, 15) is 14.9 Å². The lowest BCUT2D eigenvalue weighted by Crippen LogP contribution is -2.13. The molecule has 5 nitrogen and oxygen atoms in total. The zero-order valence-corrected chi connectivity index (χ0v) is 10.9. The van der Waals surface area contributed by atoms with Crippen LogP contribution in [-0.4, -0.2) is 15.3 Å². The molecule has 1 aromatic heterocycles. The molecule has 0 atom stereocenters. The van der Waals surface area contributed by atoms with Gasteiger partial charge in [-0.05, 0) is 24.5 Å². The molecule has 0 saturated heterocycles. The van der Waals surface area contributed by atoms with Crippen molar-refractivity contribution in [1.29, 1.82) is 0 Å². The highest BCUT2D eigenvalue weighted by atomic mass is 16.6. The molecule has 1 heterocycles. The quantitative estimate of drug-likeness (QED) is 0.636. The zero-order chi connectivity index (χ0) is 14.1. The number of nitro groups is 1. The summed E-state index contributed by atoms with van der Waals surface area (Å²) in [7, 11) is 0. The van der Waals surface area contributed by atoms with Crippen LogP contribution in [0.1, 0.15) is 34.5 Å². The van der Waals surface area contributed by atoms with E-state index in [4.69, 9.17) is 0 Å². The van der Waals surface area contributed by atoms with Gasteiger partial charge in [-0.2, -0.15) is 0 Å². The molecule has 0 fully saturated rings. The van der Waals surface area contributed by atoms with E-state index in [2.05, 4.69) is 4.57 Å². The monoisotopic (exact) mass is 270 g/mol. The summed E-state index contributed by atoms with van der Waals surface area (Å²) in [4.78, 5) is 22.0. The van der Waals surface area contributed by atoms with Crippen molar-refractivity contribution in [3.63, 3.8) is 0 Å². The maximum atomic E-state index is 11.8. The predicted molar refractivity (Wildman–Crippen MR) is 73.9 cm³/mol. The van der Waals surface area contributed by atoms with E-state index >= 15 is 0 Å². The first kappa shape index (κ1) is 12.6. The maximum Gasteiger partial charge on any atom is 0.269 e. The Kier molecular flexibility index (Phi) is 3.10. The van der Waals surface area contributed by atoms with Crippen LogP contribution in [0, 0.1) is 10.1 Å². The number of hydrogen-bond acceptors (Lipinski definition) is 3. The maximum absolute atomic E-state index is 11.8. The molecule has 0 spiro atoms. The predicted octanol–water partition coefficient (Wildman–Crippen LogP) is 2.96. The molecule has 0 amide bonds. The normalized spacial score (nSPS) is 14.1. The number of hydrogen-bond donors (Lipinski definition) is 0. The highest BCUT2D eigenvalue weighted by molar-refractivity contribution is 5.98. The fourth-order valence-electron chi connectivity index (χ4n) is 2.66. The van der Waals surface area contributed by atoms with Crippen molar-refractivity contribution in [3.8, 4) is 0 Å². The van der Waals surface area contributed by atoms with Crippen LogP contribution in [0.25, 0.3) is 0 Å². The topological polar surface area (TPSA) is 65.1 Å². The number of aromatic nitrogens is 1. The summed E-state index contributed by atoms with van der Waals surface area (Å²) in [5, 5.41) is 10.6. The highest BCUT2D eigenvalue weighted by Gasteiger charge is 2.20. The van der Waals surface area contributed by atoms with Crippen molar-refractivity contribution in [1.82, 2.24) is 4.57 Å². The molecule has 1 aromatic carbocycles. The fraction of sp³-hybridized carbons (Fsp3) is 0.267. The lowest BCUT2D eigenvalue weighted by molar-refractivity contribution is -0.384. The van der Waals surface area contributed by atoms with Crippen LogP contribution in [-0.2, 0) is 13.0 Å². The van der Waals surface area contributed by atoms with E-state index in [1.165, 1.54) is 12.1 Å². The van der Waals surface area contributed by atoms with E-state index < -0.39 is 4.92 Å². The molecule has 0 bridgehead atoms. The van der Waals surface area contributed by atoms with Gasteiger partial charge in [0.25, 0.3) is 5.69 Å². The third-order valence-corrected chi connectivity index (χ3v) is 3.70. The van der Waals surface area contributed by atoms with Crippen LogP contribution in [0.2, 0.25) is 0 Å². The minimum atomic E-state index is -0.403. The Morgan fingerprint density at radius 3 is 2.60 bits per heavy atom. The largest absolute Gasteiger partial charge is 0.346 e. The SMILES string of the molecule is O=C1CCCc2c1ccn2Cc1ccc([N+](=O)[O-])cc1. The van der Waals surface area contributed by atoms with Crippen LogP contribution < -0.4 is 0 Å². The Bertz CT molecular complexity index is 671. The molecule has 20 heavy (non-hydrogen) atoms. The zero-order valence-electron chi connectivity index (χ0n) is 10.9. The van der Waals surface area contributed by atoms with E-state index in [0.29, 0.717) is 13.0 Å². The van der Waals surface area contributed by atoms with E-state index in [-0.39, 0.29) is 11.5 Å². The van der Waals surface area contributed by atoms with Gasteiger partial charge in [0.2, 0.25) is 0 Å². The van der Waals surface area contributed by atoms with Crippen molar-refractivity contribution < 1.29 is 9.72 Å². The summed E-state index contributed by atoms with van der Waals surface area (Å²) in [6.45, 7) is 0.639. The molecule has 5 heteroatoms. The number of benzene rings is 1. The average molecular weight is 270 g/mol. The van der Waals surface area contributed by atoms with E-state index in [1.54, 1.807) is 12.1 Å². The molecular formula is C15H14N2O3. The molecular weight excluding hydrogens is 256 g/mol. The number of rotatable bonds is 3. The van der Waals surface area contributed by atoms with Gasteiger partial charge in [-0.15, -0.1) is 0 Å². The van der Waals surface area contributed by atoms with Crippen molar-refractivity contribution >= 4 is 11.5 Å². The Morgan fingerprint density at radius 1 is 1.15 bits per heavy atom. The number of nitro benzene ring substituents is 1. The molecule has 0 N–H and O–H groups in total. The molecule has 0 unspecified atom stereocenters. The molecule has 0 radical (unpaired) electrons. The minimum Gasteiger partial charge on any atom is -0.346 e. The second kappa shape index (κ2) is 4.92. The first-order valence-corrected chi connectivity index (χ1v) is 6.59. The Hall–Kier alpha value is -2.43. The first-order valence-electron chi connectivity index (χ1n) is 6.59. The van der Waals surface area contributed by atoms with E-state index in [0.717, 1.165) is 29.7 Å². The molecule has 1 aliphatic carbocycles. The van der Waals surface area contributed by atoms with Gasteiger partial charge >= 0.3 is 0 Å². The fourth-order valence-corrected chi connectivity index (χ4v) is 2.66. The smallest absolute Gasteiger partial charge is 0.269 e. The van der Waals surface area contributed by atoms with Crippen molar-refractivity contribution in [2.24, 2.45) is 0 Å². The number of carbonyl (C=O) groups is 1. The lowest BCUT2D eigenvalue weighted by Gasteiger charge is -2.15. The minimum absolute atomic E-state index is 0.0958. The Labute approximate surface area is 116 Å². The second-order valence-corrected chi connectivity index (χ2v) is 5.00. The number of nitrogens with zero attached hydrogens (tertiary/aromatic N) is 2. The number of carbonyl (C=O) groups excluding carboxylic acids is 1. The third-order valence-electron chi connectivity index (χ3n) is 3.70. The number of fused-ring (bicyclic) bond motifs is 1. The number of non-ortho nitro benzene ring substituents is 1. The molecule has 0 saturated carbocycles. The van der Waals surface area contributed by atoms with Crippen LogP contribution in [0.15, 0.2) is 36.5 Å². The summed E-state index contributed by atoms with van der Waals surface area (Å²) in [6, 6.07) is 8.42. The average Bonchev–Trinajstić information content (AvgIpc) is 2.84. The summed E-state index contributed by atoms with van der Waals surface area (Å²) in [5.41, 5.74) is 3.00. The molecule has 102 valence electrons. The van der Waals surface area contributed by atoms with Crippen LogP contribution in [0.3, 0.4) is 0 Å². The second-order valence-electron chi connectivity index (χ2n) is 5.00. The number of Topliss-reactive ketones (excluding diaryl/α,β-unsaturated/α-hetero) is 1. The van der Waals surface area contributed by atoms with Gasteiger partial charge in [0.1, 0.15) is 0 Å².